The predicted molar refractivity (Wildman–Crippen MR) is 241 cm³/mol. The zero-order valence-corrected chi connectivity index (χ0v) is 36.9. The Kier molecular flexibility index (Phi) is 12.2. The van der Waals surface area contributed by atoms with Crippen molar-refractivity contribution >= 4 is 61.4 Å². The van der Waals surface area contributed by atoms with E-state index in [2.05, 4.69) is 59.8 Å². The highest BCUT2D eigenvalue weighted by Crippen LogP contribution is 2.66. The summed E-state index contributed by atoms with van der Waals surface area (Å²) in [5.41, 5.74) is 12.2. The highest BCUT2D eigenvalue weighted by Gasteiger charge is 2.60. The number of aryl methyl sites for hydroxylation is 1. The molecular weight excluding hydrogens is 791 g/mol. The molecule has 7 N–H and O–H groups in total. The number of aromatic carboxylic acids is 1. The van der Waals surface area contributed by atoms with Gasteiger partial charge in [0.1, 0.15) is 5.82 Å². The molecule has 326 valence electrons. The van der Waals surface area contributed by atoms with Gasteiger partial charge in [-0.25, -0.2) is 14.8 Å². The van der Waals surface area contributed by atoms with Gasteiger partial charge < -0.3 is 41.3 Å². The van der Waals surface area contributed by atoms with Gasteiger partial charge in [0.25, 0.3) is 0 Å². The van der Waals surface area contributed by atoms with Crippen LogP contribution in [0.4, 0.5) is 22.6 Å². The van der Waals surface area contributed by atoms with E-state index in [1.54, 1.807) is 17.4 Å². The van der Waals surface area contributed by atoms with Crippen LogP contribution < -0.4 is 21.3 Å². The number of fused-ring (bicyclic) bond motifs is 3. The number of ether oxygens (including phenoxy) is 1. The minimum absolute atomic E-state index is 0.0890. The van der Waals surface area contributed by atoms with Gasteiger partial charge in [-0.3, -0.25) is 4.99 Å². The second-order valence-corrected chi connectivity index (χ2v) is 19.9. The lowest BCUT2D eigenvalue weighted by Crippen LogP contribution is -2.52. The van der Waals surface area contributed by atoms with Crippen LogP contribution >= 0.6 is 11.3 Å². The largest absolute Gasteiger partial charge is 0.476 e. The lowest BCUT2D eigenvalue weighted by atomic mass is 9.53. The van der Waals surface area contributed by atoms with E-state index in [1.807, 2.05) is 24.8 Å². The van der Waals surface area contributed by atoms with Gasteiger partial charge in [0, 0.05) is 53.8 Å². The van der Waals surface area contributed by atoms with Crippen molar-refractivity contribution in [2.24, 2.45) is 33.4 Å². The number of nitrogens with two attached hydrogens (primary N) is 1. The van der Waals surface area contributed by atoms with Crippen molar-refractivity contribution in [3.63, 3.8) is 0 Å². The third-order valence-corrected chi connectivity index (χ3v) is 14.6. The number of carboxylic acids is 1. The second-order valence-electron chi connectivity index (χ2n) is 18.9. The fourth-order valence-corrected chi connectivity index (χ4v) is 12.4. The number of allylic oxidation sites excluding steroid dienone is 1. The van der Waals surface area contributed by atoms with Gasteiger partial charge in [0.15, 0.2) is 22.5 Å². The number of hydrogen-bond acceptors (Lipinski definition) is 14. The summed E-state index contributed by atoms with van der Waals surface area (Å²) >= 11 is 1.57. The number of thiazole rings is 1. The van der Waals surface area contributed by atoms with Crippen LogP contribution in [0.5, 0.6) is 0 Å². The molecule has 4 bridgehead atoms. The molecule has 61 heavy (non-hydrogen) atoms. The summed E-state index contributed by atoms with van der Waals surface area (Å²) in [5.74, 6) is 1.50. The Morgan fingerprint density at radius 2 is 1.90 bits per heavy atom. The zero-order valence-electron chi connectivity index (χ0n) is 36.1. The summed E-state index contributed by atoms with van der Waals surface area (Å²) in [6.07, 6.45) is 9.46. The summed E-state index contributed by atoms with van der Waals surface area (Å²) in [4.78, 5) is 29.5. The zero-order chi connectivity index (χ0) is 43.1. The molecular formula is C46H61N9O5S. The molecule has 6 atom stereocenters. The third kappa shape index (κ3) is 9.03. The van der Waals surface area contributed by atoms with E-state index in [0.29, 0.717) is 85.3 Å². The number of rotatable bonds is 16. The topological polar surface area (TPSA) is 204 Å². The number of nitrogens with zero attached hydrogens (tertiary/aromatic N) is 6. The number of pyridine rings is 1. The first kappa shape index (κ1) is 43.1. The van der Waals surface area contributed by atoms with Crippen LogP contribution in [0, 0.1) is 36.5 Å². The number of benzene rings is 1. The molecule has 5 aliphatic rings. The van der Waals surface area contributed by atoms with Crippen molar-refractivity contribution in [3.8, 4) is 0 Å². The molecule has 4 saturated carbocycles. The fraction of sp³-hybridized carbons (Fsp3) is 0.565. The Labute approximate surface area is 362 Å². The number of nitrogens with one attached hydrogen (secondary N) is 2. The summed E-state index contributed by atoms with van der Waals surface area (Å²) in [6, 6.07) is 9.87. The first-order valence-corrected chi connectivity index (χ1v) is 22.6. The number of carboxylic acid groups (broad SMARTS) is 1. The normalized spacial score (nSPS) is 26.7. The maximum Gasteiger partial charge on any atom is 0.355 e. The number of hydrogen-bond donors (Lipinski definition) is 6. The molecule has 0 amide bonds. The monoisotopic (exact) mass is 851 g/mol. The van der Waals surface area contributed by atoms with E-state index in [4.69, 9.17) is 30.5 Å². The maximum absolute atomic E-state index is 12.9. The molecule has 1 aromatic carbocycles. The molecule has 0 spiro atoms. The minimum atomic E-state index is -1.14. The number of aliphatic hydroxyl groups excluding tert-OH is 2. The van der Waals surface area contributed by atoms with Gasteiger partial charge >= 0.3 is 5.97 Å². The molecule has 0 saturated heterocycles. The number of aliphatic imine (C=N–C) groups is 1. The minimum Gasteiger partial charge on any atom is -0.476 e. The van der Waals surface area contributed by atoms with Gasteiger partial charge in [-0.2, -0.15) is 0 Å². The Hall–Kier alpha value is -4.54. The molecule has 14 nitrogen and oxygen atoms in total. The van der Waals surface area contributed by atoms with E-state index < -0.39 is 12.1 Å². The maximum atomic E-state index is 12.9. The van der Waals surface area contributed by atoms with Crippen LogP contribution in [0.15, 0.2) is 41.5 Å². The molecule has 4 heterocycles. The molecule has 5 unspecified atom stereocenters. The third-order valence-electron chi connectivity index (χ3n) is 13.6. The Morgan fingerprint density at radius 1 is 1.10 bits per heavy atom. The van der Waals surface area contributed by atoms with Crippen LogP contribution in [0.25, 0.3) is 15.8 Å². The van der Waals surface area contributed by atoms with Crippen LogP contribution in [0.3, 0.4) is 0 Å². The smallest absolute Gasteiger partial charge is 0.355 e. The van der Waals surface area contributed by atoms with Gasteiger partial charge in [-0.1, -0.05) is 31.3 Å². The van der Waals surface area contributed by atoms with Crippen LogP contribution in [0.2, 0.25) is 0 Å². The van der Waals surface area contributed by atoms with Crippen LogP contribution in [-0.2, 0) is 11.2 Å². The fourth-order valence-electron chi connectivity index (χ4n) is 11.6. The molecule has 9 rings (SSSR count). The van der Waals surface area contributed by atoms with E-state index in [1.165, 1.54) is 12.6 Å². The summed E-state index contributed by atoms with van der Waals surface area (Å²) < 4.78 is 7.91. The molecule has 4 aliphatic carbocycles. The number of anilines is 4. The van der Waals surface area contributed by atoms with E-state index in [-0.39, 0.29) is 28.7 Å². The molecule has 1 aliphatic heterocycles. The summed E-state index contributed by atoms with van der Waals surface area (Å²) in [6.45, 7) is 13.9. The molecule has 3 aromatic heterocycles. The summed E-state index contributed by atoms with van der Waals surface area (Å²) in [7, 11) is 0. The van der Waals surface area contributed by atoms with Crippen molar-refractivity contribution in [2.45, 2.75) is 104 Å². The van der Waals surface area contributed by atoms with Gasteiger partial charge in [-0.05, 0) is 138 Å². The van der Waals surface area contributed by atoms with Crippen molar-refractivity contribution in [2.75, 3.05) is 49.6 Å². The highest BCUT2D eigenvalue weighted by molar-refractivity contribution is 7.22. The highest BCUT2D eigenvalue weighted by atomic mass is 32.1. The van der Waals surface area contributed by atoms with Gasteiger partial charge in [0.2, 0.25) is 0 Å². The van der Waals surface area contributed by atoms with Gasteiger partial charge in [-0.15, -0.1) is 10.2 Å². The summed E-state index contributed by atoms with van der Waals surface area (Å²) in [5, 5.41) is 46.0. The van der Waals surface area contributed by atoms with Gasteiger partial charge in [0.05, 0.1) is 35.1 Å². The van der Waals surface area contributed by atoms with E-state index >= 15 is 0 Å². The molecule has 4 aromatic rings. The standard InChI is InChI=1S/C46H61N9O5S/c1-27-8-10-37-36(17-27)50-43(61-37)52-40-28(2)33-7-6-15-55(41(33)54-53-40)38-11-9-34(39(51-38)42(58)59)35(21-47)29(3)49-22-31-19-45(5)24-44(4)18-30(31)20-46(25-44,26-45)60-16-14-48-13-12-32(57)23-56/h8-11,17,21,30-32,48,56-57H,6-7,12-16,18-20,22-26,47H2,1-5H3,(H,58,59)(H,50,52,53)/b35-21+,49-29?/t30?,31?,32-,44?,45?,46?/m0/s1. The second kappa shape index (κ2) is 17.3. The van der Waals surface area contributed by atoms with Crippen molar-refractivity contribution in [1.29, 1.82) is 0 Å². The SMILES string of the molecule is CC(=NCC1CC2(C)CC3(C)CC1CC(OCCNCC[C@H](O)CO)(C2)C3)/C(=C\N)c1ccc(N2CCCc3c2nnc(Nc2nc4cc(C)ccc4s2)c3C)nc1C(=O)O. The molecule has 0 radical (unpaired) electrons. The lowest BCUT2D eigenvalue weighted by Gasteiger charge is -2.56. The average Bonchev–Trinajstić information content (AvgIpc) is 3.55. The van der Waals surface area contributed by atoms with Crippen molar-refractivity contribution < 1.29 is 24.9 Å². The number of aromatic nitrogens is 4. The van der Waals surface area contributed by atoms with Crippen LogP contribution in [-0.4, -0.2) is 98.3 Å². The Balaban J connectivity index is 0.974. The average molecular weight is 852 g/mol. The predicted octanol–water partition coefficient (Wildman–Crippen LogP) is 7.10. The first-order chi connectivity index (χ1) is 29.2. The number of aliphatic hydroxyl groups is 2. The Morgan fingerprint density at radius 3 is 2.67 bits per heavy atom. The van der Waals surface area contributed by atoms with E-state index in [0.717, 1.165) is 77.0 Å². The molecule has 4 fully saturated rings. The van der Waals surface area contributed by atoms with Crippen LogP contribution in [0.1, 0.15) is 105 Å². The van der Waals surface area contributed by atoms with E-state index in [9.17, 15) is 15.0 Å². The quantitative estimate of drug-likeness (QED) is 0.0493. The number of carbonyl (C=O) groups is 1. The van der Waals surface area contributed by atoms with Crippen molar-refractivity contribution in [3.05, 3.63) is 64.5 Å². The Bertz CT molecular complexity index is 2350. The molecule has 15 heteroatoms. The van der Waals surface area contributed by atoms with Crippen molar-refractivity contribution in [1.82, 2.24) is 25.5 Å². The lowest BCUT2D eigenvalue weighted by molar-refractivity contribution is -0.162. The first-order valence-electron chi connectivity index (χ1n) is 21.8.